The van der Waals surface area contributed by atoms with E-state index >= 15 is 0 Å². The molecule has 1 saturated heterocycles. The lowest BCUT2D eigenvalue weighted by Gasteiger charge is -2.36. The minimum Gasteiger partial charge on any atom is -0.497 e. The fraction of sp³-hybridized carbons (Fsp3) is 0.290. The van der Waals surface area contributed by atoms with E-state index in [0.717, 1.165) is 41.5 Å². The number of carbonyl (C=O) groups excluding carboxylic acids is 1. The highest BCUT2D eigenvalue weighted by Gasteiger charge is 2.23. The first-order valence-electron chi connectivity index (χ1n) is 13.4. The number of unbranched alkanes of at least 4 members (excludes halogenated alkanes) is 1. The van der Waals surface area contributed by atoms with Crippen molar-refractivity contribution in [1.82, 2.24) is 14.9 Å². The fourth-order valence-electron chi connectivity index (χ4n) is 4.95. The van der Waals surface area contributed by atoms with Crippen molar-refractivity contribution in [2.75, 3.05) is 38.2 Å². The number of nitrogens with zero attached hydrogens (tertiary/aromatic N) is 4. The van der Waals surface area contributed by atoms with E-state index in [1.54, 1.807) is 7.11 Å². The molecular formula is C31H31ClN4O4. The molecule has 0 atom stereocenters. The van der Waals surface area contributed by atoms with Crippen LogP contribution < -0.4 is 9.64 Å². The van der Waals surface area contributed by atoms with Crippen molar-refractivity contribution in [2.24, 2.45) is 0 Å². The minimum atomic E-state index is -0.810. The van der Waals surface area contributed by atoms with Crippen LogP contribution in [0.25, 0.3) is 22.3 Å². The van der Waals surface area contributed by atoms with Gasteiger partial charge in [0, 0.05) is 54.4 Å². The largest absolute Gasteiger partial charge is 0.497 e. The molecule has 0 spiro atoms. The van der Waals surface area contributed by atoms with Gasteiger partial charge in [-0.25, -0.2) is 9.97 Å². The predicted molar refractivity (Wildman–Crippen MR) is 156 cm³/mol. The van der Waals surface area contributed by atoms with Crippen LogP contribution in [0.1, 0.15) is 35.3 Å². The van der Waals surface area contributed by atoms with Gasteiger partial charge in [-0.2, -0.15) is 0 Å². The van der Waals surface area contributed by atoms with Gasteiger partial charge in [0.2, 0.25) is 0 Å². The summed E-state index contributed by atoms with van der Waals surface area (Å²) in [5.41, 5.74) is 5.44. The number of hydrogen-bond acceptors (Lipinski definition) is 6. The lowest BCUT2D eigenvalue weighted by Crippen LogP contribution is -2.48. The summed E-state index contributed by atoms with van der Waals surface area (Å²) < 4.78 is 5.25. The van der Waals surface area contributed by atoms with E-state index in [1.165, 1.54) is 0 Å². The second kappa shape index (κ2) is 12.3. The molecule has 1 N–H and O–H groups in total. The molecule has 2 heterocycles. The number of anilines is 1. The maximum absolute atomic E-state index is 13.4. The normalized spacial score (nSPS) is 13.4. The van der Waals surface area contributed by atoms with Gasteiger partial charge in [-0.15, -0.1) is 0 Å². The van der Waals surface area contributed by atoms with Crippen LogP contribution in [0.15, 0.2) is 66.7 Å². The van der Waals surface area contributed by atoms with Crippen LogP contribution in [0.3, 0.4) is 0 Å². The smallest absolute Gasteiger partial charge is 0.303 e. The molecular weight excluding hydrogens is 528 g/mol. The van der Waals surface area contributed by atoms with Gasteiger partial charge in [-0.3, -0.25) is 9.59 Å². The van der Waals surface area contributed by atoms with Crippen molar-refractivity contribution >= 4 is 40.2 Å². The van der Waals surface area contributed by atoms with Gasteiger partial charge >= 0.3 is 5.97 Å². The number of fused-ring (bicyclic) bond motifs is 1. The Kier molecular flexibility index (Phi) is 8.45. The number of carboxylic acids is 1. The van der Waals surface area contributed by atoms with Gasteiger partial charge in [0.25, 0.3) is 5.91 Å². The van der Waals surface area contributed by atoms with Gasteiger partial charge in [0.1, 0.15) is 5.75 Å². The molecule has 3 aromatic carbocycles. The minimum absolute atomic E-state index is 0.0251. The van der Waals surface area contributed by atoms with Crippen molar-refractivity contribution in [1.29, 1.82) is 0 Å². The molecule has 0 aliphatic carbocycles. The molecule has 40 heavy (non-hydrogen) atoms. The molecule has 4 aromatic rings. The quantitative estimate of drug-likeness (QED) is 0.262. The zero-order valence-corrected chi connectivity index (χ0v) is 23.1. The van der Waals surface area contributed by atoms with Crippen LogP contribution in [0, 0.1) is 0 Å². The second-order valence-corrected chi connectivity index (χ2v) is 10.2. The first-order chi connectivity index (χ1) is 19.4. The number of aromatic nitrogens is 2. The first-order valence-corrected chi connectivity index (χ1v) is 13.8. The van der Waals surface area contributed by atoms with Crippen LogP contribution in [0.2, 0.25) is 5.02 Å². The third kappa shape index (κ3) is 6.34. The highest BCUT2D eigenvalue weighted by molar-refractivity contribution is 6.30. The Hall–Kier alpha value is -4.17. The van der Waals surface area contributed by atoms with Gasteiger partial charge in [-0.1, -0.05) is 23.7 Å². The molecule has 1 aromatic heterocycles. The highest BCUT2D eigenvalue weighted by Crippen LogP contribution is 2.27. The number of methoxy groups -OCH3 is 1. The summed E-state index contributed by atoms with van der Waals surface area (Å²) in [5, 5.41) is 9.64. The molecule has 1 aliphatic heterocycles. The molecule has 0 bridgehead atoms. The Morgan fingerprint density at radius 2 is 1.62 bits per heavy atom. The lowest BCUT2D eigenvalue weighted by atomic mass is 10.0. The number of aryl methyl sites for hydroxylation is 1. The summed E-state index contributed by atoms with van der Waals surface area (Å²) in [7, 11) is 1.65. The Labute approximate surface area is 238 Å². The molecule has 0 saturated carbocycles. The summed E-state index contributed by atoms with van der Waals surface area (Å²) in [5.74, 6) is -0.0148. The number of aliphatic carboxylic acids is 1. The average Bonchev–Trinajstić information content (AvgIpc) is 2.99. The van der Waals surface area contributed by atoms with E-state index in [-0.39, 0.29) is 12.3 Å². The van der Waals surface area contributed by atoms with Crippen LogP contribution in [0.4, 0.5) is 5.69 Å². The summed E-state index contributed by atoms with van der Waals surface area (Å²) in [6.45, 7) is 2.74. The molecule has 5 rings (SSSR count). The third-order valence-corrected chi connectivity index (χ3v) is 7.41. The highest BCUT2D eigenvalue weighted by atomic mass is 35.5. The number of piperazine rings is 1. The van der Waals surface area contributed by atoms with Crippen LogP contribution in [0.5, 0.6) is 5.75 Å². The topological polar surface area (TPSA) is 95.9 Å². The Morgan fingerprint density at radius 1 is 0.900 bits per heavy atom. The molecule has 8 nitrogen and oxygen atoms in total. The van der Waals surface area contributed by atoms with Crippen LogP contribution in [-0.2, 0) is 11.2 Å². The van der Waals surface area contributed by atoms with Crippen molar-refractivity contribution in [3.8, 4) is 17.0 Å². The first kappa shape index (κ1) is 27.4. The lowest BCUT2D eigenvalue weighted by molar-refractivity contribution is -0.137. The van der Waals surface area contributed by atoms with Crippen molar-refractivity contribution in [3.63, 3.8) is 0 Å². The number of carboxylic acid groups (broad SMARTS) is 1. The van der Waals surface area contributed by atoms with Gasteiger partial charge < -0.3 is 19.6 Å². The number of ether oxygens (including phenoxy) is 1. The Bertz CT molecular complexity index is 1500. The molecule has 1 fully saturated rings. The fourth-order valence-corrected chi connectivity index (χ4v) is 5.08. The third-order valence-electron chi connectivity index (χ3n) is 7.16. The van der Waals surface area contributed by atoms with Crippen LogP contribution >= 0.6 is 11.6 Å². The number of rotatable bonds is 9. The molecule has 9 heteroatoms. The number of benzene rings is 3. The summed E-state index contributed by atoms with van der Waals surface area (Å²) in [4.78, 5) is 38.3. The molecule has 0 radical (unpaired) electrons. The SMILES string of the molecule is COc1ccc(N2CCN(C(=O)c3ccc4nc(-c5ccc(Cl)cc5)c(CCCCC(=O)O)nc4c3)CC2)cc1. The number of halogens is 1. The zero-order valence-electron chi connectivity index (χ0n) is 22.3. The molecule has 206 valence electrons. The number of amides is 1. The maximum atomic E-state index is 13.4. The Morgan fingerprint density at radius 3 is 2.30 bits per heavy atom. The van der Waals surface area contributed by atoms with E-state index < -0.39 is 5.97 Å². The van der Waals surface area contributed by atoms with Crippen molar-refractivity contribution < 1.29 is 19.4 Å². The van der Waals surface area contributed by atoms with Gasteiger partial charge in [-0.05, 0) is 73.9 Å². The van der Waals surface area contributed by atoms with E-state index in [2.05, 4.69) is 4.90 Å². The van der Waals surface area contributed by atoms with Gasteiger partial charge in [0.15, 0.2) is 0 Å². The summed E-state index contributed by atoms with van der Waals surface area (Å²) in [6.07, 6.45) is 1.92. The predicted octanol–water partition coefficient (Wildman–Crippen LogP) is 5.72. The average molecular weight is 559 g/mol. The number of carbonyl (C=O) groups is 2. The Balaban J connectivity index is 1.34. The monoisotopic (exact) mass is 558 g/mol. The van der Waals surface area contributed by atoms with Gasteiger partial charge in [0.05, 0.1) is 29.5 Å². The number of hydrogen-bond donors (Lipinski definition) is 1. The molecule has 1 amide bonds. The van der Waals surface area contributed by atoms with E-state index in [0.29, 0.717) is 54.0 Å². The summed E-state index contributed by atoms with van der Waals surface area (Å²) >= 11 is 6.09. The second-order valence-electron chi connectivity index (χ2n) is 9.81. The standard InChI is InChI=1S/C31H31ClN4O4/c1-40-25-13-11-24(12-14-25)35-16-18-36(19-17-35)31(39)22-8-15-26-28(20-22)33-27(4-2-3-5-29(37)38)30(34-26)21-6-9-23(32)10-7-21/h6-15,20H,2-5,16-19H2,1H3,(H,37,38). The van der Waals surface area contributed by atoms with E-state index in [1.807, 2.05) is 71.6 Å². The van der Waals surface area contributed by atoms with Crippen LogP contribution in [-0.4, -0.2) is 65.1 Å². The van der Waals surface area contributed by atoms with Crippen molar-refractivity contribution in [3.05, 3.63) is 83.0 Å². The molecule has 0 unspecified atom stereocenters. The summed E-state index contributed by atoms with van der Waals surface area (Å²) in [6, 6.07) is 20.9. The maximum Gasteiger partial charge on any atom is 0.303 e. The zero-order chi connectivity index (χ0) is 28.1. The molecule has 1 aliphatic rings. The van der Waals surface area contributed by atoms with E-state index in [9.17, 15) is 9.59 Å². The van der Waals surface area contributed by atoms with E-state index in [4.69, 9.17) is 31.4 Å². The van der Waals surface area contributed by atoms with Crippen molar-refractivity contribution in [2.45, 2.75) is 25.7 Å².